The van der Waals surface area contributed by atoms with Crippen LogP contribution in [-0.2, 0) is 6.42 Å². The predicted octanol–water partition coefficient (Wildman–Crippen LogP) is 2.28. The fourth-order valence-corrected chi connectivity index (χ4v) is 3.83. The molecule has 0 aliphatic carbocycles. The molecular formula is C21H23BN6O3S. The number of hydrogen-bond donors (Lipinski definition) is 1. The van der Waals surface area contributed by atoms with Crippen molar-refractivity contribution in [3.63, 3.8) is 0 Å². The summed E-state index contributed by atoms with van der Waals surface area (Å²) in [6.07, 6.45) is 5.95. The van der Waals surface area contributed by atoms with Gasteiger partial charge in [-0.15, -0.1) is 10.2 Å². The number of para-hydroxylation sites is 1. The molecular weight excluding hydrogens is 427 g/mol. The summed E-state index contributed by atoms with van der Waals surface area (Å²) in [5, 5.41) is 8.91. The van der Waals surface area contributed by atoms with Crippen LogP contribution in [0.4, 0.5) is 5.95 Å². The molecule has 1 unspecified atom stereocenters. The highest BCUT2D eigenvalue weighted by atomic mass is 32.2. The lowest BCUT2D eigenvalue weighted by atomic mass is 10.0. The first kappa shape index (κ1) is 21.8. The third kappa shape index (κ3) is 4.57. The summed E-state index contributed by atoms with van der Waals surface area (Å²) in [4.78, 5) is 8.78. The van der Waals surface area contributed by atoms with Crippen molar-refractivity contribution in [3.8, 4) is 28.8 Å². The minimum Gasteiger partial charge on any atom is -0.494 e. The van der Waals surface area contributed by atoms with Crippen LogP contribution in [0.2, 0.25) is 0 Å². The molecule has 11 heteroatoms. The fraction of sp³-hybridized carbons (Fsp3) is 0.238. The van der Waals surface area contributed by atoms with Gasteiger partial charge in [0, 0.05) is 24.1 Å². The van der Waals surface area contributed by atoms with Gasteiger partial charge in [0.2, 0.25) is 11.8 Å². The molecule has 0 saturated carbocycles. The maximum Gasteiger partial charge on any atom is 0.239 e. The molecule has 3 aromatic heterocycles. The molecule has 0 saturated heterocycles. The van der Waals surface area contributed by atoms with Crippen molar-refractivity contribution in [2.45, 2.75) is 18.6 Å². The fourth-order valence-electron chi connectivity index (χ4n) is 3.16. The molecule has 4 aromatic rings. The summed E-state index contributed by atoms with van der Waals surface area (Å²) in [6, 6.07) is 9.22. The first-order chi connectivity index (χ1) is 15.6. The molecule has 3 heterocycles. The molecule has 1 atom stereocenters. The van der Waals surface area contributed by atoms with Crippen molar-refractivity contribution < 1.29 is 13.9 Å². The largest absolute Gasteiger partial charge is 0.494 e. The van der Waals surface area contributed by atoms with Crippen LogP contribution in [0.1, 0.15) is 12.7 Å². The molecule has 1 N–H and O–H groups in total. The lowest BCUT2D eigenvalue weighted by molar-refractivity contribution is 0.391. The van der Waals surface area contributed by atoms with Crippen molar-refractivity contribution in [2.75, 3.05) is 18.9 Å². The van der Waals surface area contributed by atoms with Crippen molar-refractivity contribution >= 4 is 31.2 Å². The predicted molar refractivity (Wildman–Crippen MR) is 127 cm³/mol. The van der Waals surface area contributed by atoms with E-state index in [-0.39, 0.29) is 5.25 Å². The number of anilines is 1. The molecule has 0 aliphatic heterocycles. The standard InChI is InChI=1S/C21H23BN6O3S/c1-13(10-18-23-11-14(22)12-24-18)32-27-21-26-25-20(17-8-5-9-31-17)28(21)19-15(29-2)6-4-7-16(19)30-3/h4-9,11-13H,10,22H2,1-3H3,(H,26,27). The zero-order valence-electron chi connectivity index (χ0n) is 18.3. The minimum atomic E-state index is 0.175. The molecule has 0 spiro atoms. The van der Waals surface area contributed by atoms with Crippen LogP contribution in [0.15, 0.2) is 53.4 Å². The summed E-state index contributed by atoms with van der Waals surface area (Å²) in [6.45, 7) is 2.10. The summed E-state index contributed by atoms with van der Waals surface area (Å²) < 4.78 is 22.0. The van der Waals surface area contributed by atoms with Crippen molar-refractivity contribution in [3.05, 3.63) is 54.8 Å². The second-order valence-electron chi connectivity index (χ2n) is 7.08. The highest BCUT2D eigenvalue weighted by Crippen LogP contribution is 2.38. The van der Waals surface area contributed by atoms with Gasteiger partial charge in [0.1, 0.15) is 30.9 Å². The Bertz CT molecular complexity index is 1140. The third-order valence-corrected chi connectivity index (χ3v) is 5.56. The Hall–Kier alpha value is -3.47. The SMILES string of the molecule is Bc1cnc(CC(C)SNc2nnc(-c3ccco3)n2-c2c(OC)cccc2OC)nc1. The summed E-state index contributed by atoms with van der Waals surface area (Å²) in [5.41, 5.74) is 1.71. The quantitative estimate of drug-likeness (QED) is 0.304. The second kappa shape index (κ2) is 9.78. The molecule has 0 fully saturated rings. The van der Waals surface area contributed by atoms with Gasteiger partial charge in [-0.3, -0.25) is 9.29 Å². The minimum absolute atomic E-state index is 0.175. The Morgan fingerprint density at radius 1 is 1.09 bits per heavy atom. The number of nitrogens with zero attached hydrogens (tertiary/aromatic N) is 5. The number of rotatable bonds is 9. The molecule has 0 radical (unpaired) electrons. The molecule has 1 aromatic carbocycles. The van der Waals surface area contributed by atoms with E-state index in [1.165, 1.54) is 11.9 Å². The molecule has 0 bridgehead atoms. The Kier molecular flexibility index (Phi) is 6.65. The normalized spacial score (nSPS) is 11.8. The average Bonchev–Trinajstić information content (AvgIpc) is 3.48. The monoisotopic (exact) mass is 450 g/mol. The number of furan rings is 1. The van der Waals surface area contributed by atoms with Gasteiger partial charge >= 0.3 is 0 Å². The van der Waals surface area contributed by atoms with Crippen LogP contribution >= 0.6 is 11.9 Å². The van der Waals surface area contributed by atoms with E-state index in [0.29, 0.717) is 41.1 Å². The van der Waals surface area contributed by atoms with E-state index in [4.69, 9.17) is 13.9 Å². The van der Waals surface area contributed by atoms with E-state index in [1.807, 2.05) is 49.1 Å². The summed E-state index contributed by atoms with van der Waals surface area (Å²) >= 11 is 1.51. The maximum atomic E-state index is 5.62. The number of ether oxygens (including phenoxy) is 2. The van der Waals surface area contributed by atoms with Gasteiger partial charge in [-0.2, -0.15) is 0 Å². The van der Waals surface area contributed by atoms with E-state index >= 15 is 0 Å². The Morgan fingerprint density at radius 3 is 2.44 bits per heavy atom. The highest BCUT2D eigenvalue weighted by molar-refractivity contribution is 8.01. The zero-order chi connectivity index (χ0) is 22.5. The smallest absolute Gasteiger partial charge is 0.239 e. The Balaban J connectivity index is 1.66. The number of nitrogens with one attached hydrogen (secondary N) is 1. The lowest BCUT2D eigenvalue weighted by Crippen LogP contribution is -2.13. The maximum absolute atomic E-state index is 5.62. The molecule has 0 amide bonds. The van der Waals surface area contributed by atoms with Crippen molar-refractivity contribution in [2.24, 2.45) is 0 Å². The highest BCUT2D eigenvalue weighted by Gasteiger charge is 2.24. The van der Waals surface area contributed by atoms with Crippen LogP contribution in [0.25, 0.3) is 17.3 Å². The molecule has 4 rings (SSSR count). The number of benzene rings is 1. The number of hydrogen-bond acceptors (Lipinski definition) is 9. The number of aromatic nitrogens is 5. The van der Waals surface area contributed by atoms with Crippen molar-refractivity contribution in [1.82, 2.24) is 24.7 Å². The van der Waals surface area contributed by atoms with Crippen LogP contribution < -0.4 is 19.7 Å². The van der Waals surface area contributed by atoms with Crippen LogP contribution in [0.3, 0.4) is 0 Å². The van der Waals surface area contributed by atoms with Gasteiger partial charge < -0.3 is 13.9 Å². The molecule has 0 aliphatic rings. The first-order valence-electron chi connectivity index (χ1n) is 10.0. The van der Waals surface area contributed by atoms with Gasteiger partial charge in [0.25, 0.3) is 0 Å². The van der Waals surface area contributed by atoms with E-state index in [1.54, 1.807) is 26.5 Å². The van der Waals surface area contributed by atoms with Gasteiger partial charge in [-0.1, -0.05) is 18.5 Å². The van der Waals surface area contributed by atoms with E-state index < -0.39 is 0 Å². The van der Waals surface area contributed by atoms with Gasteiger partial charge in [-0.05, 0) is 36.2 Å². The topological polar surface area (TPSA) is 100 Å². The third-order valence-electron chi connectivity index (χ3n) is 4.69. The lowest BCUT2D eigenvalue weighted by Gasteiger charge is -2.17. The Labute approximate surface area is 191 Å². The van der Waals surface area contributed by atoms with Crippen LogP contribution in [-0.4, -0.2) is 52.0 Å². The second-order valence-corrected chi connectivity index (χ2v) is 8.33. The molecule has 32 heavy (non-hydrogen) atoms. The van der Waals surface area contributed by atoms with Gasteiger partial charge in [0.15, 0.2) is 5.76 Å². The summed E-state index contributed by atoms with van der Waals surface area (Å²) in [5.74, 6) is 3.64. The van der Waals surface area contributed by atoms with E-state index in [9.17, 15) is 0 Å². The zero-order valence-corrected chi connectivity index (χ0v) is 19.1. The van der Waals surface area contributed by atoms with Gasteiger partial charge in [-0.25, -0.2) is 9.97 Å². The molecule has 9 nitrogen and oxygen atoms in total. The van der Waals surface area contributed by atoms with E-state index in [0.717, 1.165) is 11.3 Å². The van der Waals surface area contributed by atoms with Crippen molar-refractivity contribution in [1.29, 1.82) is 0 Å². The first-order valence-corrected chi connectivity index (χ1v) is 10.9. The van der Waals surface area contributed by atoms with Crippen LogP contribution in [0.5, 0.6) is 11.5 Å². The Morgan fingerprint density at radius 2 is 1.81 bits per heavy atom. The van der Waals surface area contributed by atoms with Gasteiger partial charge in [0.05, 0.1) is 20.5 Å². The summed E-state index contributed by atoms with van der Waals surface area (Å²) in [7, 11) is 5.19. The number of methoxy groups -OCH3 is 2. The van der Waals surface area contributed by atoms with E-state index in [2.05, 4.69) is 31.8 Å². The molecule has 164 valence electrons. The average molecular weight is 450 g/mol. The van der Waals surface area contributed by atoms with Crippen LogP contribution in [0, 0.1) is 0 Å².